The van der Waals surface area contributed by atoms with Crippen LogP contribution in [-0.2, 0) is 4.79 Å². The number of nitrogens with one attached hydrogen (secondary N) is 1. The Bertz CT molecular complexity index is 534. The quantitative estimate of drug-likeness (QED) is 0.876. The van der Waals surface area contributed by atoms with E-state index < -0.39 is 23.7 Å². The van der Waals surface area contributed by atoms with Crippen LogP contribution in [0.4, 0.5) is 4.39 Å². The van der Waals surface area contributed by atoms with Crippen molar-refractivity contribution in [3.63, 3.8) is 0 Å². The molecule has 20 heavy (non-hydrogen) atoms. The number of carbonyl (C=O) groups is 2. The summed E-state index contributed by atoms with van der Waals surface area (Å²) in [4.78, 5) is 23.5. The van der Waals surface area contributed by atoms with Crippen LogP contribution in [0.25, 0.3) is 0 Å². The number of amides is 2. The maximum atomic E-state index is 13.3. The van der Waals surface area contributed by atoms with E-state index in [0.717, 1.165) is 6.07 Å². The first kappa shape index (κ1) is 16.4. The van der Waals surface area contributed by atoms with Crippen LogP contribution in [0.3, 0.4) is 0 Å². The molecule has 2 atom stereocenters. The number of benzene rings is 1. The van der Waals surface area contributed by atoms with Crippen molar-refractivity contribution in [2.45, 2.75) is 33.2 Å². The summed E-state index contributed by atoms with van der Waals surface area (Å²) >= 11 is 5.86. The van der Waals surface area contributed by atoms with Crippen LogP contribution in [-0.4, -0.2) is 17.9 Å². The zero-order valence-corrected chi connectivity index (χ0v) is 12.4. The molecule has 1 rings (SSSR count). The largest absolute Gasteiger partial charge is 0.368 e. The molecular formula is C14H18ClFN2O2. The van der Waals surface area contributed by atoms with Gasteiger partial charge < -0.3 is 11.1 Å². The molecule has 0 saturated heterocycles. The molecule has 0 radical (unpaired) electrons. The molecule has 3 N–H and O–H groups in total. The number of halogens is 2. The average Bonchev–Trinajstić information content (AvgIpc) is 2.38. The second-order valence-electron chi connectivity index (χ2n) is 4.82. The van der Waals surface area contributed by atoms with Crippen molar-refractivity contribution in [3.05, 3.63) is 34.1 Å². The van der Waals surface area contributed by atoms with E-state index in [4.69, 9.17) is 17.3 Å². The van der Waals surface area contributed by atoms with E-state index in [0.29, 0.717) is 12.0 Å². The Morgan fingerprint density at radius 1 is 1.45 bits per heavy atom. The van der Waals surface area contributed by atoms with Crippen molar-refractivity contribution in [2.24, 2.45) is 11.7 Å². The summed E-state index contributed by atoms with van der Waals surface area (Å²) in [6, 6.07) is 1.64. The smallest absolute Gasteiger partial charge is 0.253 e. The molecular weight excluding hydrogens is 283 g/mol. The van der Waals surface area contributed by atoms with Gasteiger partial charge in [-0.25, -0.2) is 4.39 Å². The first-order chi connectivity index (χ1) is 9.27. The third kappa shape index (κ3) is 3.70. The van der Waals surface area contributed by atoms with Gasteiger partial charge in [0.2, 0.25) is 5.91 Å². The second-order valence-corrected chi connectivity index (χ2v) is 5.23. The highest BCUT2D eigenvalue weighted by atomic mass is 35.5. The highest BCUT2D eigenvalue weighted by Crippen LogP contribution is 2.21. The Kier molecular flexibility index (Phi) is 5.51. The van der Waals surface area contributed by atoms with E-state index in [9.17, 15) is 14.0 Å². The van der Waals surface area contributed by atoms with E-state index in [2.05, 4.69) is 5.32 Å². The summed E-state index contributed by atoms with van der Waals surface area (Å²) < 4.78 is 13.3. The Hall–Kier alpha value is -1.62. The first-order valence-corrected chi connectivity index (χ1v) is 6.71. The molecule has 0 heterocycles. The van der Waals surface area contributed by atoms with Gasteiger partial charge in [-0.15, -0.1) is 0 Å². The van der Waals surface area contributed by atoms with Crippen molar-refractivity contribution in [1.29, 1.82) is 0 Å². The lowest BCUT2D eigenvalue weighted by atomic mass is 9.98. The highest BCUT2D eigenvalue weighted by molar-refractivity contribution is 6.33. The van der Waals surface area contributed by atoms with Crippen LogP contribution >= 0.6 is 11.6 Å². The van der Waals surface area contributed by atoms with E-state index >= 15 is 0 Å². The predicted molar refractivity (Wildman–Crippen MR) is 76.1 cm³/mol. The maximum absolute atomic E-state index is 13.3. The second kappa shape index (κ2) is 6.70. The molecule has 0 aliphatic heterocycles. The van der Waals surface area contributed by atoms with Crippen molar-refractivity contribution in [2.75, 3.05) is 0 Å². The maximum Gasteiger partial charge on any atom is 0.253 e. The molecule has 0 saturated carbocycles. The van der Waals surface area contributed by atoms with Gasteiger partial charge in [0.15, 0.2) is 0 Å². The molecule has 110 valence electrons. The molecule has 0 fully saturated rings. The topological polar surface area (TPSA) is 72.2 Å². The average molecular weight is 301 g/mol. The molecule has 0 bridgehead atoms. The molecule has 2 unspecified atom stereocenters. The van der Waals surface area contributed by atoms with E-state index in [1.54, 1.807) is 0 Å². The fourth-order valence-electron chi connectivity index (χ4n) is 1.78. The molecule has 0 aromatic heterocycles. The summed E-state index contributed by atoms with van der Waals surface area (Å²) in [5.74, 6) is -1.73. The minimum Gasteiger partial charge on any atom is -0.368 e. The van der Waals surface area contributed by atoms with Gasteiger partial charge >= 0.3 is 0 Å². The number of primary amides is 1. The van der Waals surface area contributed by atoms with E-state index in [1.165, 1.54) is 13.0 Å². The van der Waals surface area contributed by atoms with Crippen molar-refractivity contribution in [3.8, 4) is 0 Å². The van der Waals surface area contributed by atoms with Gasteiger partial charge in [-0.3, -0.25) is 9.59 Å². The highest BCUT2D eigenvalue weighted by Gasteiger charge is 2.25. The molecule has 1 aromatic rings. The van der Waals surface area contributed by atoms with Crippen LogP contribution in [0.15, 0.2) is 12.1 Å². The lowest BCUT2D eigenvalue weighted by Crippen LogP contribution is -2.48. The Morgan fingerprint density at radius 2 is 2.05 bits per heavy atom. The van der Waals surface area contributed by atoms with Crippen LogP contribution in [0, 0.1) is 18.7 Å². The fourth-order valence-corrected chi connectivity index (χ4v) is 2.02. The molecule has 2 amide bonds. The molecule has 0 aliphatic carbocycles. The number of carbonyl (C=O) groups excluding carboxylic acids is 2. The van der Waals surface area contributed by atoms with E-state index in [1.807, 2.05) is 13.8 Å². The molecule has 0 aliphatic rings. The summed E-state index contributed by atoms with van der Waals surface area (Å²) in [5, 5.41) is 2.55. The first-order valence-electron chi connectivity index (χ1n) is 6.33. The van der Waals surface area contributed by atoms with Gasteiger partial charge in [0.25, 0.3) is 5.91 Å². The number of hydrogen-bond acceptors (Lipinski definition) is 2. The van der Waals surface area contributed by atoms with Gasteiger partial charge in [-0.1, -0.05) is 31.9 Å². The minimum atomic E-state index is -0.783. The Morgan fingerprint density at radius 3 is 2.55 bits per heavy atom. The number of rotatable bonds is 5. The third-order valence-electron chi connectivity index (χ3n) is 3.30. The van der Waals surface area contributed by atoms with Gasteiger partial charge in [0, 0.05) is 0 Å². The lowest BCUT2D eigenvalue weighted by molar-refractivity contribution is -0.120. The van der Waals surface area contributed by atoms with Crippen LogP contribution in [0.2, 0.25) is 5.02 Å². The number of aryl methyl sites for hydroxylation is 1. The van der Waals surface area contributed by atoms with Crippen LogP contribution in [0.1, 0.15) is 36.2 Å². The third-order valence-corrected chi connectivity index (χ3v) is 3.61. The van der Waals surface area contributed by atoms with Gasteiger partial charge in [0.1, 0.15) is 11.9 Å². The Balaban J connectivity index is 3.01. The minimum absolute atomic E-state index is 0.00188. The summed E-state index contributed by atoms with van der Waals surface area (Å²) in [7, 11) is 0. The Labute approximate surface area is 122 Å². The van der Waals surface area contributed by atoms with Crippen LogP contribution in [0.5, 0.6) is 0 Å². The molecule has 6 heteroatoms. The standard InChI is InChI=1S/C14H18ClFN2O2/c1-4-7(2)12(13(17)19)18-14(20)9-5-8(3)11(16)6-10(9)15/h5-7,12H,4H2,1-3H3,(H2,17,19)(H,18,20). The van der Waals surface area contributed by atoms with Crippen molar-refractivity contribution in [1.82, 2.24) is 5.32 Å². The van der Waals surface area contributed by atoms with Crippen molar-refractivity contribution >= 4 is 23.4 Å². The lowest BCUT2D eigenvalue weighted by Gasteiger charge is -2.21. The summed E-state index contributed by atoms with van der Waals surface area (Å²) in [6.45, 7) is 5.23. The molecule has 4 nitrogen and oxygen atoms in total. The zero-order valence-electron chi connectivity index (χ0n) is 11.7. The molecule has 1 aromatic carbocycles. The summed E-state index contributed by atoms with van der Waals surface area (Å²) in [6.07, 6.45) is 0.685. The van der Waals surface area contributed by atoms with Crippen molar-refractivity contribution < 1.29 is 14.0 Å². The van der Waals surface area contributed by atoms with E-state index in [-0.39, 0.29) is 16.5 Å². The molecule has 0 spiro atoms. The normalized spacial score (nSPS) is 13.7. The van der Waals surface area contributed by atoms with Gasteiger partial charge in [-0.05, 0) is 30.5 Å². The van der Waals surface area contributed by atoms with Gasteiger partial charge in [-0.2, -0.15) is 0 Å². The zero-order chi connectivity index (χ0) is 15.4. The number of nitrogens with two attached hydrogens (primary N) is 1. The number of hydrogen-bond donors (Lipinski definition) is 2. The van der Waals surface area contributed by atoms with Gasteiger partial charge in [0.05, 0.1) is 10.6 Å². The summed E-state index contributed by atoms with van der Waals surface area (Å²) in [5.41, 5.74) is 5.71. The predicted octanol–water partition coefficient (Wildman–Crippen LogP) is 2.42. The monoisotopic (exact) mass is 300 g/mol. The SMILES string of the molecule is CCC(C)C(NC(=O)c1cc(C)c(F)cc1Cl)C(N)=O. The van der Waals surface area contributed by atoms with Crippen LogP contribution < -0.4 is 11.1 Å². The fraction of sp³-hybridized carbons (Fsp3) is 0.429.